The lowest BCUT2D eigenvalue weighted by Crippen LogP contribution is -2.47. The summed E-state index contributed by atoms with van der Waals surface area (Å²) >= 11 is 1.63. The van der Waals surface area contributed by atoms with Gasteiger partial charge in [-0.3, -0.25) is 9.69 Å². The molecule has 1 aliphatic heterocycles. The fraction of sp³-hybridized carbons (Fsp3) is 0.250. The largest absolute Gasteiger partial charge is 0.497 e. The summed E-state index contributed by atoms with van der Waals surface area (Å²) in [5.41, 5.74) is 2.54. The summed E-state index contributed by atoms with van der Waals surface area (Å²) in [4.78, 5) is 21.3. The zero-order chi connectivity index (χ0) is 21.6. The second-order valence-electron chi connectivity index (χ2n) is 7.33. The zero-order valence-corrected chi connectivity index (χ0v) is 18.1. The van der Waals surface area contributed by atoms with E-state index in [1.54, 1.807) is 47.6 Å². The first-order chi connectivity index (χ1) is 15.1. The maximum atomic E-state index is 13.7. The maximum absolute atomic E-state index is 13.7. The molecule has 0 unspecified atom stereocenters. The molecule has 7 heteroatoms. The van der Waals surface area contributed by atoms with Gasteiger partial charge in [-0.1, -0.05) is 18.2 Å². The van der Waals surface area contributed by atoms with E-state index in [4.69, 9.17) is 9.72 Å². The Balaban J connectivity index is 1.29. The Morgan fingerprint density at radius 2 is 1.87 bits per heavy atom. The number of thiazole rings is 1. The highest BCUT2D eigenvalue weighted by Gasteiger charge is 2.20. The molecule has 1 aliphatic rings. The molecule has 2 aromatic carbocycles. The normalized spacial score (nSPS) is 14.8. The molecule has 0 saturated carbocycles. The standard InChI is InChI=1S/C24H24FN3O2S/c1-30-21-9-6-19(7-10-21)24-26-20(17-31-24)16-27-12-14-28(15-13-27)23(29)11-8-18-4-2-3-5-22(18)25/h2-11,17H,12-16H2,1H3/b11-8+. The highest BCUT2D eigenvalue weighted by molar-refractivity contribution is 7.13. The van der Waals surface area contributed by atoms with Gasteiger partial charge in [0.15, 0.2) is 0 Å². The highest BCUT2D eigenvalue weighted by Crippen LogP contribution is 2.26. The summed E-state index contributed by atoms with van der Waals surface area (Å²) in [6, 6.07) is 14.3. The Morgan fingerprint density at radius 3 is 2.58 bits per heavy atom. The molecule has 3 aromatic rings. The van der Waals surface area contributed by atoms with Crippen molar-refractivity contribution in [2.45, 2.75) is 6.54 Å². The predicted molar refractivity (Wildman–Crippen MR) is 121 cm³/mol. The Labute approximate surface area is 185 Å². The summed E-state index contributed by atoms with van der Waals surface area (Å²) in [7, 11) is 1.66. The van der Waals surface area contributed by atoms with Crippen LogP contribution in [0.2, 0.25) is 0 Å². The number of methoxy groups -OCH3 is 1. The number of halogens is 1. The van der Waals surface area contributed by atoms with Crippen LogP contribution in [0.1, 0.15) is 11.3 Å². The third-order valence-electron chi connectivity index (χ3n) is 5.27. The van der Waals surface area contributed by atoms with Gasteiger partial charge in [0.2, 0.25) is 5.91 Å². The number of ether oxygens (including phenoxy) is 1. The monoisotopic (exact) mass is 437 g/mol. The average Bonchev–Trinajstić information content (AvgIpc) is 3.27. The van der Waals surface area contributed by atoms with Gasteiger partial charge in [0, 0.05) is 55.3 Å². The topological polar surface area (TPSA) is 45.7 Å². The van der Waals surface area contributed by atoms with Gasteiger partial charge in [0.05, 0.1) is 12.8 Å². The van der Waals surface area contributed by atoms with Crippen LogP contribution in [0.15, 0.2) is 60.0 Å². The minimum atomic E-state index is -0.325. The van der Waals surface area contributed by atoms with Crippen molar-refractivity contribution in [3.05, 3.63) is 77.1 Å². The predicted octanol–water partition coefficient (Wildman–Crippen LogP) is 4.32. The summed E-state index contributed by atoms with van der Waals surface area (Å²) in [5.74, 6) is 0.420. The Kier molecular flexibility index (Phi) is 6.74. The van der Waals surface area contributed by atoms with Gasteiger partial charge in [0.25, 0.3) is 0 Å². The van der Waals surface area contributed by atoms with Crippen LogP contribution in [-0.4, -0.2) is 54.0 Å². The van der Waals surface area contributed by atoms with Crippen molar-refractivity contribution in [3.63, 3.8) is 0 Å². The van der Waals surface area contributed by atoms with Crippen LogP contribution in [0.4, 0.5) is 4.39 Å². The lowest BCUT2D eigenvalue weighted by Gasteiger charge is -2.33. The lowest BCUT2D eigenvalue weighted by molar-refractivity contribution is -0.127. The molecule has 0 radical (unpaired) electrons. The van der Waals surface area contributed by atoms with E-state index in [9.17, 15) is 9.18 Å². The van der Waals surface area contributed by atoms with Crippen molar-refractivity contribution in [1.82, 2.24) is 14.8 Å². The van der Waals surface area contributed by atoms with Crippen molar-refractivity contribution < 1.29 is 13.9 Å². The van der Waals surface area contributed by atoms with Gasteiger partial charge in [0.1, 0.15) is 16.6 Å². The highest BCUT2D eigenvalue weighted by atomic mass is 32.1. The summed E-state index contributed by atoms with van der Waals surface area (Å²) in [5, 5.41) is 3.08. The number of aromatic nitrogens is 1. The van der Waals surface area contributed by atoms with Crippen LogP contribution >= 0.6 is 11.3 Å². The molecule has 5 nitrogen and oxygen atoms in total. The summed E-state index contributed by atoms with van der Waals surface area (Å²) in [6.07, 6.45) is 3.00. The number of carbonyl (C=O) groups is 1. The van der Waals surface area contributed by atoms with Crippen molar-refractivity contribution in [1.29, 1.82) is 0 Å². The zero-order valence-electron chi connectivity index (χ0n) is 17.3. The van der Waals surface area contributed by atoms with Gasteiger partial charge >= 0.3 is 0 Å². The van der Waals surface area contributed by atoms with Crippen LogP contribution < -0.4 is 4.74 Å². The number of amides is 1. The number of benzene rings is 2. The van der Waals surface area contributed by atoms with E-state index in [1.165, 1.54) is 12.1 Å². The van der Waals surface area contributed by atoms with Crippen LogP contribution in [0.3, 0.4) is 0 Å². The second kappa shape index (κ2) is 9.85. The number of piperazine rings is 1. The van der Waals surface area contributed by atoms with E-state index in [0.29, 0.717) is 18.7 Å². The van der Waals surface area contributed by atoms with Crippen molar-refractivity contribution >= 4 is 23.3 Å². The van der Waals surface area contributed by atoms with E-state index in [0.717, 1.165) is 41.6 Å². The van der Waals surface area contributed by atoms with Crippen LogP contribution in [0, 0.1) is 5.82 Å². The van der Waals surface area contributed by atoms with Crippen LogP contribution in [0.5, 0.6) is 5.75 Å². The number of nitrogens with zero attached hydrogens (tertiary/aromatic N) is 3. The first-order valence-corrected chi connectivity index (χ1v) is 11.0. The molecule has 4 rings (SSSR count). The van der Waals surface area contributed by atoms with Gasteiger partial charge < -0.3 is 9.64 Å². The fourth-order valence-electron chi connectivity index (χ4n) is 3.48. The molecule has 1 saturated heterocycles. The molecule has 0 aliphatic carbocycles. The third kappa shape index (κ3) is 5.37. The minimum Gasteiger partial charge on any atom is -0.497 e. The van der Waals surface area contributed by atoms with E-state index in [-0.39, 0.29) is 11.7 Å². The average molecular weight is 438 g/mol. The van der Waals surface area contributed by atoms with Gasteiger partial charge in [-0.2, -0.15) is 0 Å². The molecular formula is C24H24FN3O2S. The quantitative estimate of drug-likeness (QED) is 0.539. The van der Waals surface area contributed by atoms with Crippen LogP contribution in [0.25, 0.3) is 16.6 Å². The second-order valence-corrected chi connectivity index (χ2v) is 8.19. The molecule has 160 valence electrons. The molecular weight excluding hydrogens is 413 g/mol. The number of rotatable bonds is 6. The third-order valence-corrected chi connectivity index (χ3v) is 6.21. The molecule has 2 heterocycles. The summed E-state index contributed by atoms with van der Waals surface area (Å²) in [6.45, 7) is 3.63. The van der Waals surface area contributed by atoms with Crippen molar-refractivity contribution in [2.75, 3.05) is 33.3 Å². The molecule has 0 N–H and O–H groups in total. The Bertz CT molecular complexity index is 1060. The first-order valence-electron chi connectivity index (χ1n) is 10.1. The molecule has 0 bridgehead atoms. The van der Waals surface area contributed by atoms with Crippen molar-refractivity contribution in [3.8, 4) is 16.3 Å². The SMILES string of the molecule is COc1ccc(-c2nc(CN3CCN(C(=O)/C=C/c4ccccc4F)CC3)cs2)cc1. The van der Waals surface area contributed by atoms with E-state index in [2.05, 4.69) is 10.3 Å². The number of carbonyl (C=O) groups excluding carboxylic acids is 1. The number of hydrogen-bond donors (Lipinski definition) is 0. The van der Waals surface area contributed by atoms with E-state index < -0.39 is 0 Å². The Hall–Kier alpha value is -3.03. The van der Waals surface area contributed by atoms with Crippen molar-refractivity contribution in [2.24, 2.45) is 0 Å². The minimum absolute atomic E-state index is 0.0849. The van der Waals surface area contributed by atoms with Gasteiger partial charge in [-0.05, 0) is 36.4 Å². The maximum Gasteiger partial charge on any atom is 0.246 e. The smallest absolute Gasteiger partial charge is 0.246 e. The molecule has 31 heavy (non-hydrogen) atoms. The fourth-order valence-corrected chi connectivity index (χ4v) is 4.30. The summed E-state index contributed by atoms with van der Waals surface area (Å²) < 4.78 is 18.9. The molecule has 1 fully saturated rings. The first kappa shape index (κ1) is 21.2. The molecule has 0 spiro atoms. The Morgan fingerprint density at radius 1 is 1.13 bits per heavy atom. The number of hydrogen-bond acceptors (Lipinski definition) is 5. The van der Waals surface area contributed by atoms with Gasteiger partial charge in [-0.25, -0.2) is 9.37 Å². The van der Waals surface area contributed by atoms with Crippen LogP contribution in [-0.2, 0) is 11.3 Å². The molecule has 1 aromatic heterocycles. The van der Waals surface area contributed by atoms with E-state index >= 15 is 0 Å². The molecule has 1 amide bonds. The molecule has 0 atom stereocenters. The van der Waals surface area contributed by atoms with E-state index in [1.807, 2.05) is 24.3 Å². The lowest BCUT2D eigenvalue weighted by atomic mass is 10.2. The van der Waals surface area contributed by atoms with Gasteiger partial charge in [-0.15, -0.1) is 11.3 Å².